The van der Waals surface area contributed by atoms with Crippen LogP contribution in [0.5, 0.6) is 11.6 Å². The van der Waals surface area contributed by atoms with Gasteiger partial charge in [0.1, 0.15) is 12.1 Å². The Bertz CT molecular complexity index is 897. The van der Waals surface area contributed by atoms with Crippen molar-refractivity contribution >= 4 is 11.6 Å². The summed E-state index contributed by atoms with van der Waals surface area (Å²) >= 11 is 0. The molecule has 8 heteroatoms. The molecule has 2 aromatic heterocycles. The first-order valence-corrected chi connectivity index (χ1v) is 6.00. The summed E-state index contributed by atoms with van der Waals surface area (Å²) in [5.41, 5.74) is 0.612. The number of rotatable bonds is 3. The third kappa shape index (κ3) is 2.22. The number of nitrogens with zero attached hydrogens (tertiary/aromatic N) is 3. The molecule has 2 heterocycles. The van der Waals surface area contributed by atoms with Crippen molar-refractivity contribution < 1.29 is 14.6 Å². The number of carbonyl (C=O) groups is 1. The summed E-state index contributed by atoms with van der Waals surface area (Å²) in [5, 5.41) is 15.2. The average Bonchev–Trinajstić information content (AvgIpc) is 2.82. The van der Waals surface area contributed by atoms with Crippen molar-refractivity contribution in [3.8, 4) is 11.6 Å². The number of fused-ring (bicyclic) bond motifs is 1. The Morgan fingerprint density at radius 1 is 1.43 bits per heavy atom. The highest BCUT2D eigenvalue weighted by Crippen LogP contribution is 2.26. The standard InChI is InChI=1S/C13H10N4O4/c1-7-8(12(18)19)3-2-4-9(7)21-11-5-10-15-16-13(20)17(10)6-14-11/h2-6H,1H3,(H,16,20)(H,18,19). The molecule has 0 saturated heterocycles. The number of carboxylic acids is 1. The van der Waals surface area contributed by atoms with Crippen LogP contribution in [0.25, 0.3) is 5.65 Å². The third-order valence-corrected chi connectivity index (χ3v) is 3.01. The molecule has 0 saturated carbocycles. The molecule has 106 valence electrons. The highest BCUT2D eigenvalue weighted by Gasteiger charge is 2.12. The first kappa shape index (κ1) is 12.9. The zero-order valence-electron chi connectivity index (χ0n) is 10.9. The minimum Gasteiger partial charge on any atom is -0.478 e. The van der Waals surface area contributed by atoms with Crippen molar-refractivity contribution in [1.29, 1.82) is 0 Å². The van der Waals surface area contributed by atoms with Crippen LogP contribution in [0.2, 0.25) is 0 Å². The SMILES string of the molecule is Cc1c(Oc2cc3n[nH]c(=O)n3cn2)cccc1C(=O)O. The summed E-state index contributed by atoms with van der Waals surface area (Å²) in [6, 6.07) is 6.20. The molecule has 0 atom stereocenters. The van der Waals surface area contributed by atoms with Gasteiger partial charge in [-0.25, -0.2) is 24.1 Å². The van der Waals surface area contributed by atoms with Crippen molar-refractivity contribution in [1.82, 2.24) is 19.6 Å². The second kappa shape index (κ2) is 4.75. The quantitative estimate of drug-likeness (QED) is 0.749. The molecule has 1 aromatic carbocycles. The Balaban J connectivity index is 2.00. The van der Waals surface area contributed by atoms with Crippen LogP contribution < -0.4 is 10.4 Å². The number of benzene rings is 1. The van der Waals surface area contributed by atoms with Gasteiger partial charge in [0.05, 0.1) is 5.56 Å². The van der Waals surface area contributed by atoms with Crippen molar-refractivity contribution in [2.45, 2.75) is 6.92 Å². The van der Waals surface area contributed by atoms with Crippen LogP contribution in [-0.4, -0.2) is 30.7 Å². The Hall–Kier alpha value is -3.16. The van der Waals surface area contributed by atoms with Crippen molar-refractivity contribution in [2.75, 3.05) is 0 Å². The minimum atomic E-state index is -1.03. The lowest BCUT2D eigenvalue weighted by Crippen LogP contribution is -2.09. The smallest absolute Gasteiger partial charge is 0.348 e. The topological polar surface area (TPSA) is 110 Å². The van der Waals surface area contributed by atoms with Gasteiger partial charge in [-0.1, -0.05) is 6.07 Å². The number of aromatic carboxylic acids is 1. The predicted octanol–water partition coefficient (Wildman–Crippen LogP) is 1.22. The number of nitrogens with one attached hydrogen (secondary N) is 1. The molecule has 3 rings (SSSR count). The average molecular weight is 286 g/mol. The van der Waals surface area contributed by atoms with E-state index in [0.29, 0.717) is 17.0 Å². The Labute approximate surface area is 117 Å². The number of aromatic nitrogens is 4. The fourth-order valence-electron chi connectivity index (χ4n) is 1.92. The Morgan fingerprint density at radius 3 is 3.00 bits per heavy atom. The van der Waals surface area contributed by atoms with E-state index in [4.69, 9.17) is 9.84 Å². The molecule has 0 fully saturated rings. The molecule has 0 bridgehead atoms. The lowest BCUT2D eigenvalue weighted by Gasteiger charge is -2.09. The summed E-state index contributed by atoms with van der Waals surface area (Å²) in [4.78, 5) is 26.4. The second-order valence-electron chi connectivity index (χ2n) is 4.32. The third-order valence-electron chi connectivity index (χ3n) is 3.01. The van der Waals surface area contributed by atoms with Crippen molar-refractivity contribution in [3.05, 3.63) is 52.2 Å². The van der Waals surface area contributed by atoms with E-state index in [1.165, 1.54) is 22.9 Å². The molecule has 0 radical (unpaired) electrons. The van der Waals surface area contributed by atoms with Gasteiger partial charge in [-0.15, -0.1) is 0 Å². The lowest BCUT2D eigenvalue weighted by atomic mass is 10.1. The van der Waals surface area contributed by atoms with Gasteiger partial charge in [0.2, 0.25) is 5.88 Å². The zero-order chi connectivity index (χ0) is 15.0. The maximum atomic E-state index is 11.3. The lowest BCUT2D eigenvalue weighted by molar-refractivity contribution is 0.0695. The molecule has 0 spiro atoms. The molecule has 0 aliphatic rings. The van der Waals surface area contributed by atoms with Gasteiger partial charge in [0.25, 0.3) is 0 Å². The van der Waals surface area contributed by atoms with E-state index in [1.807, 2.05) is 0 Å². The van der Waals surface area contributed by atoms with Crippen LogP contribution in [0, 0.1) is 6.92 Å². The van der Waals surface area contributed by atoms with E-state index in [0.717, 1.165) is 0 Å². The molecule has 0 aliphatic heterocycles. The number of carboxylic acid groups (broad SMARTS) is 1. The van der Waals surface area contributed by atoms with Crippen LogP contribution in [-0.2, 0) is 0 Å². The van der Waals surface area contributed by atoms with Gasteiger partial charge < -0.3 is 9.84 Å². The van der Waals surface area contributed by atoms with Crippen LogP contribution in [0.1, 0.15) is 15.9 Å². The fraction of sp³-hybridized carbons (Fsp3) is 0.0769. The first-order valence-electron chi connectivity index (χ1n) is 6.00. The van der Waals surface area contributed by atoms with Gasteiger partial charge in [-0.05, 0) is 19.1 Å². The maximum absolute atomic E-state index is 11.3. The number of hydrogen-bond donors (Lipinski definition) is 2. The highest BCUT2D eigenvalue weighted by molar-refractivity contribution is 5.90. The van der Waals surface area contributed by atoms with Crippen LogP contribution >= 0.6 is 0 Å². The summed E-state index contributed by atoms with van der Waals surface area (Å²) in [6.45, 7) is 1.65. The first-order chi connectivity index (χ1) is 10.1. The van der Waals surface area contributed by atoms with Gasteiger partial charge in [0.15, 0.2) is 5.65 Å². The highest BCUT2D eigenvalue weighted by atomic mass is 16.5. The zero-order valence-corrected chi connectivity index (χ0v) is 10.9. The van der Waals surface area contributed by atoms with E-state index < -0.39 is 11.7 Å². The predicted molar refractivity (Wildman–Crippen MR) is 71.8 cm³/mol. The monoisotopic (exact) mass is 286 g/mol. The van der Waals surface area contributed by atoms with E-state index in [1.54, 1.807) is 19.1 Å². The Kier molecular flexibility index (Phi) is 2.90. The number of ether oxygens (including phenoxy) is 1. The molecular weight excluding hydrogens is 276 g/mol. The Morgan fingerprint density at radius 2 is 2.24 bits per heavy atom. The minimum absolute atomic E-state index is 0.157. The van der Waals surface area contributed by atoms with Gasteiger partial charge >= 0.3 is 11.7 Å². The van der Waals surface area contributed by atoms with Gasteiger partial charge in [0, 0.05) is 11.6 Å². The van der Waals surface area contributed by atoms with Crippen molar-refractivity contribution in [2.24, 2.45) is 0 Å². The van der Waals surface area contributed by atoms with Crippen LogP contribution in [0.3, 0.4) is 0 Å². The summed E-state index contributed by atoms with van der Waals surface area (Å²) < 4.78 is 6.80. The number of aromatic amines is 1. The normalized spacial score (nSPS) is 10.7. The van der Waals surface area contributed by atoms with Gasteiger partial charge in [-0.3, -0.25) is 0 Å². The summed E-state index contributed by atoms with van der Waals surface area (Å²) in [5.74, 6) is -0.433. The number of H-pyrrole nitrogens is 1. The largest absolute Gasteiger partial charge is 0.478 e. The molecular formula is C13H10N4O4. The second-order valence-corrected chi connectivity index (χ2v) is 4.32. The van der Waals surface area contributed by atoms with Gasteiger partial charge in [-0.2, -0.15) is 5.10 Å². The maximum Gasteiger partial charge on any atom is 0.348 e. The molecule has 3 aromatic rings. The fourth-order valence-corrected chi connectivity index (χ4v) is 1.92. The van der Waals surface area contributed by atoms with Crippen LogP contribution in [0.15, 0.2) is 35.4 Å². The molecule has 8 nitrogen and oxygen atoms in total. The number of hydrogen-bond acceptors (Lipinski definition) is 5. The summed E-state index contributed by atoms with van der Waals surface area (Å²) in [6.07, 6.45) is 1.28. The van der Waals surface area contributed by atoms with E-state index in [9.17, 15) is 9.59 Å². The molecule has 2 N–H and O–H groups in total. The van der Waals surface area contributed by atoms with E-state index in [2.05, 4.69) is 15.2 Å². The molecule has 21 heavy (non-hydrogen) atoms. The molecule has 0 amide bonds. The van der Waals surface area contributed by atoms with E-state index in [-0.39, 0.29) is 11.4 Å². The molecule has 0 unspecified atom stereocenters. The molecule has 0 aliphatic carbocycles. The van der Waals surface area contributed by atoms with Crippen LogP contribution in [0.4, 0.5) is 0 Å². The summed E-state index contributed by atoms with van der Waals surface area (Å²) in [7, 11) is 0. The van der Waals surface area contributed by atoms with Crippen molar-refractivity contribution in [3.63, 3.8) is 0 Å². The van der Waals surface area contributed by atoms with E-state index >= 15 is 0 Å².